The van der Waals surface area contributed by atoms with E-state index in [0.29, 0.717) is 11.1 Å². The molecule has 0 radical (unpaired) electrons. The van der Waals surface area contributed by atoms with Crippen molar-refractivity contribution in [3.63, 3.8) is 0 Å². The number of rotatable bonds is 9. The molecule has 0 fully saturated rings. The molecule has 1 atom stereocenters. The van der Waals surface area contributed by atoms with Crippen LogP contribution >= 0.6 is 0 Å². The third-order valence-electron chi connectivity index (χ3n) is 5.15. The first-order valence-electron chi connectivity index (χ1n) is 10.5. The summed E-state index contributed by atoms with van der Waals surface area (Å²) in [6.45, 7) is 4.08. The molecule has 0 aliphatic rings. The van der Waals surface area contributed by atoms with Crippen LogP contribution in [-0.4, -0.2) is 21.8 Å². The van der Waals surface area contributed by atoms with Gasteiger partial charge in [0, 0.05) is 24.7 Å². The van der Waals surface area contributed by atoms with Crippen LogP contribution in [0.4, 0.5) is 17.6 Å². The van der Waals surface area contributed by atoms with Crippen molar-refractivity contribution in [1.29, 1.82) is 0 Å². The molecule has 0 saturated heterocycles. The van der Waals surface area contributed by atoms with E-state index in [1.165, 1.54) is 18.4 Å². The maximum Gasteiger partial charge on any atom is 0.416 e. The lowest BCUT2D eigenvalue weighted by Gasteiger charge is -2.22. The summed E-state index contributed by atoms with van der Waals surface area (Å²) in [5, 5.41) is 2.79. The monoisotopic (exact) mass is 463 g/mol. The Morgan fingerprint density at radius 2 is 1.88 bits per heavy atom. The molecule has 3 aromatic rings. The number of alkyl halides is 3. The van der Waals surface area contributed by atoms with Crippen LogP contribution in [0.2, 0.25) is 0 Å². The minimum Gasteiger partial charge on any atom is -0.447 e. The van der Waals surface area contributed by atoms with E-state index in [4.69, 9.17) is 4.42 Å². The molecule has 3 rings (SSSR count). The van der Waals surface area contributed by atoms with Crippen molar-refractivity contribution in [2.75, 3.05) is 0 Å². The molecule has 9 heteroatoms. The number of carbonyl (C=O) groups excluding carboxylic acids is 1. The van der Waals surface area contributed by atoms with Gasteiger partial charge in [0.15, 0.2) is 5.69 Å². The molecule has 176 valence electrons. The van der Waals surface area contributed by atoms with Gasteiger partial charge in [-0.05, 0) is 31.0 Å². The second-order valence-electron chi connectivity index (χ2n) is 7.84. The van der Waals surface area contributed by atoms with Crippen molar-refractivity contribution in [2.24, 2.45) is 0 Å². The summed E-state index contributed by atoms with van der Waals surface area (Å²) in [5.74, 6) is -0.599. The molecular formula is C24H25F4N3O2. The Kier molecular flexibility index (Phi) is 7.86. The van der Waals surface area contributed by atoms with Crippen LogP contribution in [0.5, 0.6) is 0 Å². The zero-order valence-electron chi connectivity index (χ0n) is 18.3. The first kappa shape index (κ1) is 24.4. The number of halogens is 4. The summed E-state index contributed by atoms with van der Waals surface area (Å²) >= 11 is 0. The summed E-state index contributed by atoms with van der Waals surface area (Å²) < 4.78 is 59.0. The number of nitrogens with zero attached hydrogens (tertiary/aromatic N) is 2. The van der Waals surface area contributed by atoms with E-state index in [0.717, 1.165) is 18.6 Å². The summed E-state index contributed by atoms with van der Waals surface area (Å²) in [4.78, 5) is 18.2. The molecule has 33 heavy (non-hydrogen) atoms. The van der Waals surface area contributed by atoms with Crippen molar-refractivity contribution in [2.45, 2.75) is 52.1 Å². The molecule has 0 bridgehead atoms. The number of hydrogen-bond acceptors (Lipinski definition) is 4. The fourth-order valence-corrected chi connectivity index (χ4v) is 3.22. The Bertz CT molecular complexity index is 1080. The fraction of sp³-hybridized carbons (Fsp3) is 0.333. The number of carbonyl (C=O) groups is 1. The predicted molar refractivity (Wildman–Crippen MR) is 115 cm³/mol. The first-order chi connectivity index (χ1) is 15.7. The van der Waals surface area contributed by atoms with E-state index >= 15 is 0 Å². The molecule has 0 aliphatic carbocycles. The van der Waals surface area contributed by atoms with E-state index in [-0.39, 0.29) is 43.2 Å². The van der Waals surface area contributed by atoms with Crippen LogP contribution < -0.4 is 5.32 Å². The summed E-state index contributed by atoms with van der Waals surface area (Å²) in [5.41, 5.74) is 0.134. The number of benzene rings is 2. The molecule has 1 amide bonds. The fourth-order valence-electron chi connectivity index (χ4n) is 3.22. The van der Waals surface area contributed by atoms with Crippen molar-refractivity contribution in [3.8, 4) is 0 Å². The van der Waals surface area contributed by atoms with Gasteiger partial charge in [-0.1, -0.05) is 43.3 Å². The van der Waals surface area contributed by atoms with Gasteiger partial charge in [0.25, 0.3) is 5.91 Å². The van der Waals surface area contributed by atoms with Gasteiger partial charge in [0.1, 0.15) is 12.1 Å². The number of nitrogens with one attached hydrogen (secondary N) is 1. The third-order valence-corrected chi connectivity index (χ3v) is 5.15. The van der Waals surface area contributed by atoms with Gasteiger partial charge in [-0.25, -0.2) is 9.37 Å². The SMILES string of the molecule is CC[C@H](C)NC(=O)c1coc(CN(Cc2cccc(C(F)(F)F)c2)Cc2ccccc2F)n1. The van der Waals surface area contributed by atoms with Crippen LogP contribution in [0, 0.1) is 5.82 Å². The normalized spacial score (nSPS) is 12.7. The Hall–Kier alpha value is -3.20. The van der Waals surface area contributed by atoms with Gasteiger partial charge in [-0.15, -0.1) is 0 Å². The Morgan fingerprint density at radius 1 is 1.12 bits per heavy atom. The number of aromatic nitrogens is 1. The van der Waals surface area contributed by atoms with E-state index in [1.54, 1.807) is 29.2 Å². The van der Waals surface area contributed by atoms with E-state index < -0.39 is 17.6 Å². The Labute approximate surface area is 189 Å². The lowest BCUT2D eigenvalue weighted by Crippen LogP contribution is -2.32. The number of amides is 1. The number of hydrogen-bond donors (Lipinski definition) is 1. The van der Waals surface area contributed by atoms with Crippen LogP contribution in [0.3, 0.4) is 0 Å². The summed E-state index contributed by atoms with van der Waals surface area (Å²) in [6.07, 6.45) is -2.48. The molecular weight excluding hydrogens is 438 g/mol. The molecule has 1 N–H and O–H groups in total. The second-order valence-corrected chi connectivity index (χ2v) is 7.84. The Morgan fingerprint density at radius 3 is 2.58 bits per heavy atom. The lowest BCUT2D eigenvalue weighted by molar-refractivity contribution is -0.137. The zero-order valence-corrected chi connectivity index (χ0v) is 18.3. The highest BCUT2D eigenvalue weighted by molar-refractivity contribution is 5.92. The lowest BCUT2D eigenvalue weighted by atomic mass is 10.1. The van der Waals surface area contributed by atoms with Crippen LogP contribution in [0.25, 0.3) is 0 Å². The van der Waals surface area contributed by atoms with Crippen molar-refractivity contribution < 1.29 is 26.8 Å². The molecule has 1 aromatic heterocycles. The molecule has 0 spiro atoms. The maximum absolute atomic E-state index is 14.2. The highest BCUT2D eigenvalue weighted by Crippen LogP contribution is 2.30. The zero-order chi connectivity index (χ0) is 24.0. The second kappa shape index (κ2) is 10.6. The van der Waals surface area contributed by atoms with Crippen LogP contribution in [0.15, 0.2) is 59.2 Å². The van der Waals surface area contributed by atoms with Gasteiger partial charge < -0.3 is 9.73 Å². The average Bonchev–Trinajstić information content (AvgIpc) is 3.23. The van der Waals surface area contributed by atoms with Crippen molar-refractivity contribution >= 4 is 5.91 Å². The highest BCUT2D eigenvalue weighted by Gasteiger charge is 2.30. The van der Waals surface area contributed by atoms with Gasteiger partial charge in [-0.3, -0.25) is 9.69 Å². The predicted octanol–water partition coefficient (Wildman–Crippen LogP) is 5.56. The smallest absolute Gasteiger partial charge is 0.416 e. The van der Waals surface area contributed by atoms with E-state index in [2.05, 4.69) is 10.3 Å². The van der Waals surface area contributed by atoms with Crippen LogP contribution in [0.1, 0.15) is 53.3 Å². The van der Waals surface area contributed by atoms with Gasteiger partial charge in [0.05, 0.1) is 12.1 Å². The maximum atomic E-state index is 14.2. The Balaban J connectivity index is 1.81. The first-order valence-corrected chi connectivity index (χ1v) is 10.5. The molecule has 0 saturated carbocycles. The molecule has 5 nitrogen and oxygen atoms in total. The van der Waals surface area contributed by atoms with Gasteiger partial charge in [0.2, 0.25) is 5.89 Å². The summed E-state index contributed by atoms with van der Waals surface area (Å²) in [7, 11) is 0. The summed E-state index contributed by atoms with van der Waals surface area (Å²) in [6, 6.07) is 11.1. The average molecular weight is 463 g/mol. The van der Waals surface area contributed by atoms with Crippen molar-refractivity contribution in [1.82, 2.24) is 15.2 Å². The third kappa shape index (κ3) is 6.89. The largest absolute Gasteiger partial charge is 0.447 e. The molecule has 1 heterocycles. The minimum atomic E-state index is -4.47. The highest BCUT2D eigenvalue weighted by atomic mass is 19.4. The minimum absolute atomic E-state index is 0.0314. The standard InChI is InChI=1S/C24H25F4N3O2/c1-3-16(2)29-23(32)21-15-33-22(30-21)14-31(13-18-8-4-5-10-20(18)25)12-17-7-6-9-19(11-17)24(26,27)28/h4-11,15-16H,3,12-14H2,1-2H3,(H,29,32)/t16-/m0/s1. The van der Waals surface area contributed by atoms with Gasteiger partial charge in [-0.2, -0.15) is 13.2 Å². The van der Waals surface area contributed by atoms with Crippen molar-refractivity contribution in [3.05, 3.63) is 88.9 Å². The quantitative estimate of drug-likeness (QED) is 0.422. The van der Waals surface area contributed by atoms with E-state index in [9.17, 15) is 22.4 Å². The molecule has 0 unspecified atom stereocenters. The number of oxazole rings is 1. The van der Waals surface area contributed by atoms with Gasteiger partial charge >= 0.3 is 6.18 Å². The topological polar surface area (TPSA) is 58.4 Å². The molecule has 2 aromatic carbocycles. The van der Waals surface area contributed by atoms with Crippen LogP contribution in [-0.2, 0) is 25.8 Å². The van der Waals surface area contributed by atoms with E-state index in [1.807, 2.05) is 13.8 Å². The molecule has 0 aliphatic heterocycles.